The van der Waals surface area contributed by atoms with Crippen LogP contribution in [0.15, 0.2) is 30.6 Å². The van der Waals surface area contributed by atoms with Crippen LogP contribution in [0, 0.1) is 5.92 Å². The van der Waals surface area contributed by atoms with Gasteiger partial charge in [0, 0.05) is 18.2 Å². The summed E-state index contributed by atoms with van der Waals surface area (Å²) in [5.41, 5.74) is 1.29. The molecular weight excluding hydrogens is 228 g/mol. The maximum Gasteiger partial charge on any atom is 0.225 e. The van der Waals surface area contributed by atoms with Gasteiger partial charge in [-0.15, -0.1) is 0 Å². The molecule has 18 heavy (non-hydrogen) atoms. The molecule has 0 aliphatic heterocycles. The summed E-state index contributed by atoms with van der Waals surface area (Å²) in [4.78, 5) is 15.8. The molecule has 0 saturated heterocycles. The van der Waals surface area contributed by atoms with E-state index >= 15 is 0 Å². The number of nitrogens with one attached hydrogen (secondary N) is 1. The second-order valence-electron chi connectivity index (χ2n) is 4.56. The second kappa shape index (κ2) is 6.31. The Morgan fingerprint density at radius 3 is 3.17 bits per heavy atom. The lowest BCUT2D eigenvalue weighted by molar-refractivity contribution is -0.116. The Hall–Kier alpha value is -1.68. The number of aliphatic hydroxyl groups is 1. The summed E-state index contributed by atoms with van der Waals surface area (Å²) in [6.45, 7) is -0.0958. The monoisotopic (exact) mass is 246 g/mol. The van der Waals surface area contributed by atoms with Crippen molar-refractivity contribution in [2.45, 2.75) is 32.3 Å². The SMILES string of the molecule is O=C(CC1C=CCCC1)Nc1cnccc1CO. The van der Waals surface area contributed by atoms with E-state index in [1.165, 1.54) is 0 Å². The van der Waals surface area contributed by atoms with Gasteiger partial charge in [0.15, 0.2) is 0 Å². The summed E-state index contributed by atoms with van der Waals surface area (Å²) in [5, 5.41) is 12.0. The Morgan fingerprint density at radius 2 is 2.44 bits per heavy atom. The third kappa shape index (κ3) is 3.40. The maximum absolute atomic E-state index is 11.9. The van der Waals surface area contributed by atoms with Crippen molar-refractivity contribution in [1.29, 1.82) is 0 Å². The lowest BCUT2D eigenvalue weighted by Gasteiger charge is -2.16. The van der Waals surface area contributed by atoms with Gasteiger partial charge < -0.3 is 10.4 Å². The Balaban J connectivity index is 1.94. The van der Waals surface area contributed by atoms with Crippen LogP contribution in [0.3, 0.4) is 0 Å². The zero-order valence-corrected chi connectivity index (χ0v) is 10.3. The van der Waals surface area contributed by atoms with Crippen LogP contribution >= 0.6 is 0 Å². The van der Waals surface area contributed by atoms with Gasteiger partial charge in [0.2, 0.25) is 5.91 Å². The maximum atomic E-state index is 11.9. The van der Waals surface area contributed by atoms with E-state index in [-0.39, 0.29) is 12.5 Å². The highest BCUT2D eigenvalue weighted by Gasteiger charge is 2.14. The fourth-order valence-corrected chi connectivity index (χ4v) is 2.17. The van der Waals surface area contributed by atoms with E-state index in [1.807, 2.05) is 0 Å². The van der Waals surface area contributed by atoms with Gasteiger partial charge in [0.1, 0.15) is 0 Å². The van der Waals surface area contributed by atoms with Crippen molar-refractivity contribution < 1.29 is 9.90 Å². The molecule has 0 spiro atoms. The Kier molecular flexibility index (Phi) is 4.47. The molecule has 4 nitrogen and oxygen atoms in total. The molecule has 0 aromatic carbocycles. The summed E-state index contributed by atoms with van der Waals surface area (Å²) >= 11 is 0. The molecule has 1 heterocycles. The van der Waals surface area contributed by atoms with Crippen LogP contribution < -0.4 is 5.32 Å². The highest BCUT2D eigenvalue weighted by molar-refractivity contribution is 5.91. The van der Waals surface area contributed by atoms with Gasteiger partial charge in [-0.25, -0.2) is 0 Å². The van der Waals surface area contributed by atoms with E-state index in [4.69, 9.17) is 5.11 Å². The summed E-state index contributed by atoms with van der Waals surface area (Å²) in [6.07, 6.45) is 11.3. The number of rotatable bonds is 4. The van der Waals surface area contributed by atoms with Gasteiger partial charge >= 0.3 is 0 Å². The van der Waals surface area contributed by atoms with Crippen LogP contribution in [0.4, 0.5) is 5.69 Å². The van der Waals surface area contributed by atoms with E-state index in [1.54, 1.807) is 18.5 Å². The van der Waals surface area contributed by atoms with Crippen molar-refractivity contribution >= 4 is 11.6 Å². The first-order chi connectivity index (χ1) is 8.79. The van der Waals surface area contributed by atoms with Gasteiger partial charge in [-0.1, -0.05) is 12.2 Å². The van der Waals surface area contributed by atoms with Crippen LogP contribution in [0.2, 0.25) is 0 Å². The number of carbonyl (C=O) groups is 1. The lowest BCUT2D eigenvalue weighted by atomic mass is 9.93. The van der Waals surface area contributed by atoms with E-state index in [0.29, 0.717) is 23.6 Å². The van der Waals surface area contributed by atoms with E-state index < -0.39 is 0 Å². The van der Waals surface area contributed by atoms with Crippen LogP contribution in [-0.2, 0) is 11.4 Å². The van der Waals surface area contributed by atoms with Crippen molar-refractivity contribution in [2.75, 3.05) is 5.32 Å². The average molecular weight is 246 g/mol. The first-order valence-electron chi connectivity index (χ1n) is 6.30. The minimum absolute atomic E-state index is 0.0192. The summed E-state index contributed by atoms with van der Waals surface area (Å²) in [6, 6.07) is 1.70. The van der Waals surface area contributed by atoms with Crippen LogP contribution in [0.5, 0.6) is 0 Å². The normalized spacial score (nSPS) is 18.6. The largest absolute Gasteiger partial charge is 0.392 e. The van der Waals surface area contributed by atoms with Gasteiger partial charge in [-0.05, 0) is 31.2 Å². The topological polar surface area (TPSA) is 62.2 Å². The predicted molar refractivity (Wildman–Crippen MR) is 69.9 cm³/mol. The number of nitrogens with zero attached hydrogens (tertiary/aromatic N) is 1. The molecule has 0 saturated carbocycles. The third-order valence-electron chi connectivity index (χ3n) is 3.16. The first-order valence-corrected chi connectivity index (χ1v) is 6.30. The first kappa shape index (κ1) is 12.8. The van der Waals surface area contributed by atoms with Crippen LogP contribution in [-0.4, -0.2) is 16.0 Å². The molecule has 2 rings (SSSR count). The minimum atomic E-state index is -0.0958. The molecule has 0 radical (unpaired) electrons. The Bertz CT molecular complexity index is 443. The van der Waals surface area contributed by atoms with Crippen molar-refractivity contribution in [1.82, 2.24) is 4.98 Å². The number of amides is 1. The molecule has 1 aliphatic rings. The number of allylic oxidation sites excluding steroid dienone is 2. The number of aromatic nitrogens is 1. The highest BCUT2D eigenvalue weighted by Crippen LogP contribution is 2.21. The van der Waals surface area contributed by atoms with Crippen molar-refractivity contribution in [3.8, 4) is 0 Å². The molecule has 2 N–H and O–H groups in total. The third-order valence-corrected chi connectivity index (χ3v) is 3.16. The van der Waals surface area contributed by atoms with Gasteiger partial charge in [-0.3, -0.25) is 9.78 Å². The number of carbonyl (C=O) groups excluding carboxylic acids is 1. The minimum Gasteiger partial charge on any atom is -0.392 e. The molecule has 0 bridgehead atoms. The van der Waals surface area contributed by atoms with Crippen molar-refractivity contribution in [3.05, 3.63) is 36.2 Å². The Labute approximate surface area is 107 Å². The summed E-state index contributed by atoms with van der Waals surface area (Å²) < 4.78 is 0. The predicted octanol–water partition coefficient (Wildman–Crippen LogP) is 2.26. The van der Waals surface area contributed by atoms with Gasteiger partial charge in [0.25, 0.3) is 0 Å². The molecule has 4 heteroatoms. The summed E-state index contributed by atoms with van der Waals surface area (Å²) in [7, 11) is 0. The standard InChI is InChI=1S/C14H18N2O2/c17-10-12-6-7-15-9-13(12)16-14(18)8-11-4-2-1-3-5-11/h2,4,6-7,9,11,17H,1,3,5,8,10H2,(H,16,18). The molecule has 96 valence electrons. The van der Waals surface area contributed by atoms with E-state index in [2.05, 4.69) is 22.5 Å². The van der Waals surface area contributed by atoms with E-state index in [0.717, 1.165) is 19.3 Å². The number of hydrogen-bond donors (Lipinski definition) is 2. The number of anilines is 1. The highest BCUT2D eigenvalue weighted by atomic mass is 16.3. The summed E-state index contributed by atoms with van der Waals surface area (Å²) in [5.74, 6) is 0.322. The molecular formula is C14H18N2O2. The zero-order valence-electron chi connectivity index (χ0n) is 10.3. The fourth-order valence-electron chi connectivity index (χ4n) is 2.17. The number of pyridine rings is 1. The molecule has 1 aromatic heterocycles. The smallest absolute Gasteiger partial charge is 0.225 e. The quantitative estimate of drug-likeness (QED) is 0.801. The van der Waals surface area contributed by atoms with Crippen LogP contribution in [0.1, 0.15) is 31.2 Å². The van der Waals surface area contributed by atoms with Crippen molar-refractivity contribution in [2.24, 2.45) is 5.92 Å². The fraction of sp³-hybridized carbons (Fsp3) is 0.429. The molecule has 1 unspecified atom stereocenters. The Morgan fingerprint density at radius 1 is 1.56 bits per heavy atom. The lowest BCUT2D eigenvalue weighted by Crippen LogP contribution is -2.17. The number of aliphatic hydroxyl groups excluding tert-OH is 1. The van der Waals surface area contributed by atoms with Gasteiger partial charge in [0.05, 0.1) is 18.5 Å². The van der Waals surface area contributed by atoms with Crippen molar-refractivity contribution in [3.63, 3.8) is 0 Å². The number of hydrogen-bond acceptors (Lipinski definition) is 3. The molecule has 0 fully saturated rings. The molecule has 1 aliphatic carbocycles. The average Bonchev–Trinajstić information content (AvgIpc) is 2.40. The molecule has 1 amide bonds. The van der Waals surface area contributed by atoms with Gasteiger partial charge in [-0.2, -0.15) is 0 Å². The van der Waals surface area contributed by atoms with Crippen LogP contribution in [0.25, 0.3) is 0 Å². The second-order valence-corrected chi connectivity index (χ2v) is 4.56. The van der Waals surface area contributed by atoms with E-state index in [9.17, 15) is 4.79 Å². The zero-order chi connectivity index (χ0) is 12.8. The molecule has 1 atom stereocenters. The molecule has 1 aromatic rings.